The van der Waals surface area contributed by atoms with E-state index in [0.29, 0.717) is 17.4 Å². The van der Waals surface area contributed by atoms with E-state index in [1.807, 2.05) is 19.1 Å². The number of imide groups is 1. The molecule has 0 spiro atoms. The van der Waals surface area contributed by atoms with Crippen LogP contribution in [0, 0.1) is 18.8 Å². The Kier molecular flexibility index (Phi) is 6.09. The minimum absolute atomic E-state index is 0.196. The molecule has 0 bridgehead atoms. The van der Waals surface area contributed by atoms with Crippen molar-refractivity contribution in [2.75, 3.05) is 20.1 Å². The van der Waals surface area contributed by atoms with E-state index in [0.717, 1.165) is 31.5 Å². The van der Waals surface area contributed by atoms with Gasteiger partial charge in [0.05, 0.1) is 0 Å². The van der Waals surface area contributed by atoms with Crippen molar-refractivity contribution in [3.05, 3.63) is 35.4 Å². The summed E-state index contributed by atoms with van der Waals surface area (Å²) < 4.78 is 0. The molecule has 2 saturated heterocycles. The maximum absolute atomic E-state index is 12.6. The van der Waals surface area contributed by atoms with Gasteiger partial charge in [-0.25, -0.2) is 4.79 Å². The Morgan fingerprint density at radius 3 is 1.97 bits per heavy atom. The molecule has 0 unspecified atom stereocenters. The number of hydrogen-bond acceptors (Lipinski definition) is 3. The zero-order chi connectivity index (χ0) is 21.4. The van der Waals surface area contributed by atoms with Gasteiger partial charge in [-0.3, -0.25) is 15.0 Å². The third-order valence-corrected chi connectivity index (χ3v) is 7.37. The van der Waals surface area contributed by atoms with Crippen molar-refractivity contribution < 1.29 is 9.59 Å². The van der Waals surface area contributed by atoms with E-state index < -0.39 is 0 Å². The minimum atomic E-state index is -0.323. The van der Waals surface area contributed by atoms with Gasteiger partial charge in [0.2, 0.25) is 0 Å². The van der Waals surface area contributed by atoms with E-state index in [1.54, 1.807) is 17.0 Å². The van der Waals surface area contributed by atoms with Gasteiger partial charge in [0.1, 0.15) is 0 Å². The molecule has 0 radical (unpaired) electrons. The molecule has 0 aromatic heterocycles. The van der Waals surface area contributed by atoms with E-state index in [1.165, 1.54) is 12.8 Å². The average molecular weight is 400 g/mol. The normalized spacial score (nSPS) is 23.0. The lowest BCUT2D eigenvalue weighted by Gasteiger charge is -2.55. The van der Waals surface area contributed by atoms with Gasteiger partial charge >= 0.3 is 6.03 Å². The number of hydrogen-bond donors (Lipinski definition) is 1. The summed E-state index contributed by atoms with van der Waals surface area (Å²) >= 11 is 0. The number of urea groups is 1. The van der Waals surface area contributed by atoms with Gasteiger partial charge in [0.15, 0.2) is 0 Å². The van der Waals surface area contributed by atoms with Gasteiger partial charge in [-0.15, -0.1) is 0 Å². The summed E-state index contributed by atoms with van der Waals surface area (Å²) in [6.45, 7) is 12.8. The lowest BCUT2D eigenvalue weighted by molar-refractivity contribution is -0.0500. The first kappa shape index (κ1) is 21.8. The van der Waals surface area contributed by atoms with Crippen LogP contribution in [0.25, 0.3) is 0 Å². The molecule has 160 valence electrons. The van der Waals surface area contributed by atoms with Crippen LogP contribution in [0.5, 0.6) is 0 Å². The fraction of sp³-hybridized carbons (Fsp3) is 0.667. The largest absolute Gasteiger partial charge is 0.324 e. The van der Waals surface area contributed by atoms with Crippen LogP contribution in [-0.4, -0.2) is 53.0 Å². The number of nitrogens with zero attached hydrogens (tertiary/aromatic N) is 2. The molecule has 5 heteroatoms. The maximum atomic E-state index is 12.6. The Morgan fingerprint density at radius 1 is 0.931 bits per heavy atom. The molecule has 5 nitrogen and oxygen atoms in total. The Hall–Kier alpha value is -1.88. The van der Waals surface area contributed by atoms with E-state index in [9.17, 15) is 9.59 Å². The van der Waals surface area contributed by atoms with Crippen molar-refractivity contribution >= 4 is 11.9 Å². The predicted octanol–water partition coefficient (Wildman–Crippen LogP) is 4.46. The van der Waals surface area contributed by atoms with Crippen LogP contribution in [-0.2, 0) is 0 Å². The molecule has 3 amide bonds. The molecule has 0 aliphatic carbocycles. The molecule has 2 fully saturated rings. The molecule has 29 heavy (non-hydrogen) atoms. The topological polar surface area (TPSA) is 52.7 Å². The highest BCUT2D eigenvalue weighted by molar-refractivity contribution is 6.04. The second-order valence-corrected chi connectivity index (χ2v) is 10.3. The highest BCUT2D eigenvalue weighted by Gasteiger charge is 2.45. The van der Waals surface area contributed by atoms with Gasteiger partial charge in [0, 0.05) is 29.7 Å². The number of amides is 3. The minimum Gasteiger partial charge on any atom is -0.324 e. The van der Waals surface area contributed by atoms with Crippen LogP contribution in [0.1, 0.15) is 69.3 Å². The number of likely N-dealkylation sites (tertiary alicyclic amines) is 2. The van der Waals surface area contributed by atoms with Gasteiger partial charge in [0.25, 0.3) is 5.91 Å². The van der Waals surface area contributed by atoms with Crippen LogP contribution < -0.4 is 5.32 Å². The van der Waals surface area contributed by atoms with Crippen LogP contribution in [0.2, 0.25) is 0 Å². The Labute approximate surface area is 175 Å². The molecule has 0 saturated carbocycles. The molecule has 2 heterocycles. The number of carbonyl (C=O) groups is 2. The number of nitrogens with one attached hydrogen (secondary N) is 1. The number of benzene rings is 1. The van der Waals surface area contributed by atoms with Crippen molar-refractivity contribution in [2.24, 2.45) is 11.8 Å². The summed E-state index contributed by atoms with van der Waals surface area (Å²) in [7, 11) is 2.24. The third-order valence-electron chi connectivity index (χ3n) is 7.37. The first-order valence-electron chi connectivity index (χ1n) is 10.9. The number of piperidine rings is 2. The summed E-state index contributed by atoms with van der Waals surface area (Å²) in [5.41, 5.74) is 2.01. The highest BCUT2D eigenvalue weighted by Crippen LogP contribution is 2.45. The van der Waals surface area contributed by atoms with Crippen molar-refractivity contribution in [1.29, 1.82) is 0 Å². The monoisotopic (exact) mass is 399 g/mol. The van der Waals surface area contributed by atoms with E-state index in [4.69, 9.17) is 0 Å². The lowest BCUT2D eigenvalue weighted by Crippen LogP contribution is -2.59. The molecule has 2 aliphatic rings. The van der Waals surface area contributed by atoms with Gasteiger partial charge in [-0.2, -0.15) is 0 Å². The van der Waals surface area contributed by atoms with Gasteiger partial charge < -0.3 is 4.90 Å². The van der Waals surface area contributed by atoms with E-state index in [-0.39, 0.29) is 23.0 Å². The zero-order valence-electron chi connectivity index (χ0n) is 18.9. The first-order chi connectivity index (χ1) is 13.5. The molecule has 1 aromatic carbocycles. The maximum Gasteiger partial charge on any atom is 0.324 e. The number of rotatable bonds is 2. The van der Waals surface area contributed by atoms with E-state index >= 15 is 0 Å². The number of carbonyl (C=O) groups excluding carboxylic acids is 2. The molecule has 1 aromatic rings. The molecule has 3 rings (SSSR count). The van der Waals surface area contributed by atoms with Gasteiger partial charge in [-0.05, 0) is 91.3 Å². The second kappa shape index (κ2) is 8.10. The number of aryl methyl sites for hydroxylation is 1. The zero-order valence-corrected chi connectivity index (χ0v) is 18.9. The Morgan fingerprint density at radius 2 is 1.45 bits per heavy atom. The average Bonchev–Trinajstić information content (AvgIpc) is 2.66. The highest BCUT2D eigenvalue weighted by atomic mass is 16.2. The summed E-state index contributed by atoms with van der Waals surface area (Å²) in [5.74, 6) is 1.02. The van der Waals surface area contributed by atoms with Crippen molar-refractivity contribution in [3.8, 4) is 0 Å². The van der Waals surface area contributed by atoms with Crippen molar-refractivity contribution in [2.45, 2.75) is 71.4 Å². The fourth-order valence-corrected chi connectivity index (χ4v) is 5.31. The lowest BCUT2D eigenvalue weighted by atomic mass is 9.67. The van der Waals surface area contributed by atoms with Crippen molar-refractivity contribution in [3.63, 3.8) is 0 Å². The summed E-state index contributed by atoms with van der Waals surface area (Å²) in [4.78, 5) is 29.2. The van der Waals surface area contributed by atoms with Crippen LogP contribution in [0.4, 0.5) is 4.79 Å². The second-order valence-electron chi connectivity index (χ2n) is 10.3. The molecule has 0 atom stereocenters. The third kappa shape index (κ3) is 4.82. The van der Waals surface area contributed by atoms with Gasteiger partial charge in [-0.1, -0.05) is 17.7 Å². The summed E-state index contributed by atoms with van der Waals surface area (Å²) in [6, 6.07) is 7.02. The smallest absolute Gasteiger partial charge is 0.324 e. The fourth-order valence-electron chi connectivity index (χ4n) is 5.31. The van der Waals surface area contributed by atoms with Crippen LogP contribution in [0.3, 0.4) is 0 Å². The van der Waals surface area contributed by atoms with Crippen LogP contribution >= 0.6 is 0 Å². The quantitative estimate of drug-likeness (QED) is 0.799. The molecule has 1 N–H and O–H groups in total. The molecular weight excluding hydrogens is 362 g/mol. The van der Waals surface area contributed by atoms with E-state index in [2.05, 4.69) is 45.0 Å². The summed E-state index contributed by atoms with van der Waals surface area (Å²) in [5, 5.41) is 2.55. The Bertz CT molecular complexity index is 728. The predicted molar refractivity (Wildman–Crippen MR) is 117 cm³/mol. The van der Waals surface area contributed by atoms with Crippen molar-refractivity contribution in [1.82, 2.24) is 15.1 Å². The first-order valence-corrected chi connectivity index (χ1v) is 10.9. The van der Waals surface area contributed by atoms with Crippen LogP contribution in [0.15, 0.2) is 24.3 Å². The Balaban J connectivity index is 1.54. The SMILES string of the molecule is Cc1ccc(C(=O)NC(=O)N2CCC(C3CC(C)(C)N(C)C(C)(C)C3)CC2)cc1. The molecule has 2 aliphatic heterocycles. The molecular formula is C24H37N3O2. The summed E-state index contributed by atoms with van der Waals surface area (Å²) in [6.07, 6.45) is 4.45. The standard InChI is InChI=1S/C24H37N3O2/c1-17-7-9-19(10-8-17)21(28)25-22(29)27-13-11-18(12-14-27)20-15-23(2,3)26(6)24(4,5)16-20/h7-10,18,20H,11-16H2,1-6H3,(H,25,28,29).